The Morgan fingerprint density at radius 1 is 0.950 bits per heavy atom. The van der Waals surface area contributed by atoms with Gasteiger partial charge in [-0.05, 0) is 12.8 Å². The summed E-state index contributed by atoms with van der Waals surface area (Å²) in [5, 5.41) is 0. The molecule has 2 heterocycles. The van der Waals surface area contributed by atoms with Crippen LogP contribution in [0.25, 0.3) is 0 Å². The van der Waals surface area contributed by atoms with E-state index >= 15 is 0 Å². The number of carbonyl (C=O) groups is 1. The summed E-state index contributed by atoms with van der Waals surface area (Å²) in [7, 11) is -3.32. The number of nitrogens with zero attached hydrogens (tertiary/aromatic N) is 2. The molecule has 2 aliphatic heterocycles. The number of sulfonamides is 1. The summed E-state index contributed by atoms with van der Waals surface area (Å²) in [6.45, 7) is 3.24. The van der Waals surface area contributed by atoms with E-state index in [0.29, 0.717) is 26.3 Å². The van der Waals surface area contributed by atoms with E-state index in [9.17, 15) is 13.2 Å². The van der Waals surface area contributed by atoms with Gasteiger partial charge < -0.3 is 9.64 Å². The van der Waals surface area contributed by atoms with Gasteiger partial charge in [-0.3, -0.25) is 4.79 Å². The number of amides is 1. The Hall–Kier alpha value is -0.660. The number of hydrogen-bond acceptors (Lipinski definition) is 4. The van der Waals surface area contributed by atoms with Gasteiger partial charge in [-0.15, -0.1) is 0 Å². The lowest BCUT2D eigenvalue weighted by atomic mass is 10.2. The topological polar surface area (TPSA) is 66.9 Å². The van der Waals surface area contributed by atoms with E-state index in [2.05, 4.69) is 0 Å². The summed E-state index contributed by atoms with van der Waals surface area (Å²) in [5.41, 5.74) is 0. The van der Waals surface area contributed by atoms with Gasteiger partial charge >= 0.3 is 0 Å². The molecule has 6 nitrogen and oxygen atoms in total. The largest absolute Gasteiger partial charge is 0.379 e. The number of rotatable bonds is 4. The third-order valence-electron chi connectivity index (χ3n) is 3.90. The molecule has 0 aromatic heterocycles. The van der Waals surface area contributed by atoms with Crippen LogP contribution in [-0.4, -0.2) is 68.7 Å². The average molecular weight is 304 g/mol. The predicted molar refractivity (Wildman–Crippen MR) is 75.8 cm³/mol. The quantitative estimate of drug-likeness (QED) is 0.756. The second-order valence-corrected chi connectivity index (χ2v) is 7.46. The van der Waals surface area contributed by atoms with Crippen molar-refractivity contribution in [2.24, 2.45) is 0 Å². The number of morpholine rings is 1. The van der Waals surface area contributed by atoms with Gasteiger partial charge in [-0.1, -0.05) is 12.8 Å². The molecule has 0 aromatic carbocycles. The van der Waals surface area contributed by atoms with Crippen molar-refractivity contribution in [3.63, 3.8) is 0 Å². The van der Waals surface area contributed by atoms with Crippen LogP contribution in [0.1, 0.15) is 32.1 Å². The minimum absolute atomic E-state index is 0.0243. The Morgan fingerprint density at radius 3 is 2.15 bits per heavy atom. The second kappa shape index (κ2) is 7.38. The first-order chi connectivity index (χ1) is 9.59. The number of ether oxygens (including phenoxy) is 1. The molecule has 0 radical (unpaired) electrons. The van der Waals surface area contributed by atoms with Gasteiger partial charge in [0.25, 0.3) is 0 Å². The Balaban J connectivity index is 1.82. The Bertz CT molecular complexity index is 410. The summed E-state index contributed by atoms with van der Waals surface area (Å²) >= 11 is 0. The summed E-state index contributed by atoms with van der Waals surface area (Å²) in [5.74, 6) is -0.105. The van der Waals surface area contributed by atoms with Crippen LogP contribution in [0.5, 0.6) is 0 Å². The Kier molecular flexibility index (Phi) is 5.80. The smallest absolute Gasteiger partial charge is 0.223 e. The van der Waals surface area contributed by atoms with Crippen molar-refractivity contribution in [2.75, 3.05) is 45.1 Å². The Labute approximate surface area is 121 Å². The van der Waals surface area contributed by atoms with E-state index in [0.717, 1.165) is 38.8 Å². The van der Waals surface area contributed by atoms with Crippen LogP contribution < -0.4 is 0 Å². The summed E-state index contributed by atoms with van der Waals surface area (Å²) < 4.78 is 30.9. The normalized spacial score (nSPS) is 22.5. The summed E-state index contributed by atoms with van der Waals surface area (Å²) in [6.07, 6.45) is 4.48. The molecule has 0 spiro atoms. The molecule has 2 saturated heterocycles. The molecule has 0 bridgehead atoms. The molecule has 0 aromatic rings. The van der Waals surface area contributed by atoms with Crippen LogP contribution in [-0.2, 0) is 19.6 Å². The van der Waals surface area contributed by atoms with E-state index in [1.54, 1.807) is 0 Å². The van der Waals surface area contributed by atoms with Crippen molar-refractivity contribution in [3.05, 3.63) is 0 Å². The maximum atomic E-state index is 12.1. The first-order valence-electron chi connectivity index (χ1n) is 7.43. The van der Waals surface area contributed by atoms with Gasteiger partial charge in [0.05, 0.1) is 19.0 Å². The van der Waals surface area contributed by atoms with E-state index in [4.69, 9.17) is 4.74 Å². The van der Waals surface area contributed by atoms with Crippen LogP contribution in [0.4, 0.5) is 0 Å². The standard InChI is InChI=1S/C13H24N2O4S/c16-13(14-6-3-1-2-4-7-14)5-12-20(17,18)15-8-10-19-11-9-15/h1-12H2. The molecule has 0 saturated carbocycles. The molecule has 0 aliphatic carbocycles. The van der Waals surface area contributed by atoms with Crippen LogP contribution in [0.2, 0.25) is 0 Å². The molecule has 2 aliphatic rings. The maximum absolute atomic E-state index is 12.1. The highest BCUT2D eigenvalue weighted by atomic mass is 32.2. The lowest BCUT2D eigenvalue weighted by Crippen LogP contribution is -2.42. The third-order valence-corrected chi connectivity index (χ3v) is 5.77. The zero-order valence-corrected chi connectivity index (χ0v) is 12.7. The van der Waals surface area contributed by atoms with Crippen molar-refractivity contribution < 1.29 is 17.9 Å². The minimum atomic E-state index is -3.32. The van der Waals surface area contributed by atoms with E-state index < -0.39 is 10.0 Å². The highest BCUT2D eigenvalue weighted by molar-refractivity contribution is 7.89. The van der Waals surface area contributed by atoms with Gasteiger partial charge in [0.2, 0.25) is 15.9 Å². The zero-order valence-electron chi connectivity index (χ0n) is 11.9. The van der Waals surface area contributed by atoms with E-state index in [1.165, 1.54) is 4.31 Å². The number of hydrogen-bond donors (Lipinski definition) is 0. The lowest BCUT2D eigenvalue weighted by Gasteiger charge is -2.26. The van der Waals surface area contributed by atoms with Crippen LogP contribution in [0, 0.1) is 0 Å². The van der Waals surface area contributed by atoms with Gasteiger partial charge in [0, 0.05) is 32.6 Å². The van der Waals surface area contributed by atoms with Gasteiger partial charge in [-0.25, -0.2) is 8.42 Å². The molecule has 2 rings (SSSR count). The molecular formula is C13H24N2O4S. The molecule has 7 heteroatoms. The molecule has 0 N–H and O–H groups in total. The van der Waals surface area contributed by atoms with Crippen molar-refractivity contribution in [2.45, 2.75) is 32.1 Å². The van der Waals surface area contributed by atoms with Gasteiger partial charge in [0.15, 0.2) is 0 Å². The van der Waals surface area contributed by atoms with Gasteiger partial charge in [-0.2, -0.15) is 4.31 Å². The monoisotopic (exact) mass is 304 g/mol. The first kappa shape index (κ1) is 15.7. The molecule has 1 amide bonds. The molecule has 0 unspecified atom stereocenters. The molecule has 116 valence electrons. The van der Waals surface area contributed by atoms with E-state index in [-0.39, 0.29) is 18.1 Å². The third kappa shape index (κ3) is 4.43. The predicted octanol–water partition coefficient (Wildman–Crippen LogP) is 0.441. The van der Waals surface area contributed by atoms with Crippen molar-refractivity contribution >= 4 is 15.9 Å². The summed E-state index contributed by atoms with van der Waals surface area (Å²) in [4.78, 5) is 13.9. The highest BCUT2D eigenvalue weighted by Crippen LogP contribution is 2.12. The Morgan fingerprint density at radius 2 is 1.55 bits per heavy atom. The molecule has 0 atom stereocenters. The molecular weight excluding hydrogens is 280 g/mol. The molecule has 2 fully saturated rings. The minimum Gasteiger partial charge on any atom is -0.379 e. The van der Waals surface area contributed by atoms with Crippen molar-refractivity contribution in [1.82, 2.24) is 9.21 Å². The maximum Gasteiger partial charge on any atom is 0.223 e. The summed E-state index contributed by atoms with van der Waals surface area (Å²) in [6, 6.07) is 0. The van der Waals surface area contributed by atoms with Crippen LogP contribution in [0.3, 0.4) is 0 Å². The fraction of sp³-hybridized carbons (Fsp3) is 0.923. The highest BCUT2D eigenvalue weighted by Gasteiger charge is 2.26. The first-order valence-corrected chi connectivity index (χ1v) is 9.04. The lowest BCUT2D eigenvalue weighted by molar-refractivity contribution is -0.130. The average Bonchev–Trinajstić information content (AvgIpc) is 2.75. The fourth-order valence-electron chi connectivity index (χ4n) is 2.65. The van der Waals surface area contributed by atoms with Crippen molar-refractivity contribution in [3.8, 4) is 0 Å². The fourth-order valence-corrected chi connectivity index (χ4v) is 4.04. The van der Waals surface area contributed by atoms with Crippen LogP contribution >= 0.6 is 0 Å². The number of likely N-dealkylation sites (tertiary alicyclic amines) is 1. The van der Waals surface area contributed by atoms with Crippen LogP contribution in [0.15, 0.2) is 0 Å². The van der Waals surface area contributed by atoms with Gasteiger partial charge in [0.1, 0.15) is 0 Å². The second-order valence-electron chi connectivity index (χ2n) is 5.37. The van der Waals surface area contributed by atoms with E-state index in [1.807, 2.05) is 4.90 Å². The van der Waals surface area contributed by atoms with Crippen molar-refractivity contribution in [1.29, 1.82) is 0 Å². The SMILES string of the molecule is O=C(CCS(=O)(=O)N1CCOCC1)N1CCCCCC1. The zero-order chi connectivity index (χ0) is 14.4. The number of carbonyl (C=O) groups excluding carboxylic acids is 1. The molecule has 20 heavy (non-hydrogen) atoms.